The van der Waals surface area contributed by atoms with Crippen molar-refractivity contribution in [3.63, 3.8) is 0 Å². The van der Waals surface area contributed by atoms with E-state index in [0.29, 0.717) is 22.7 Å². The molecule has 0 aliphatic carbocycles. The molecule has 0 aliphatic rings. The number of anilines is 2. The highest BCUT2D eigenvalue weighted by Gasteiger charge is 2.14. The van der Waals surface area contributed by atoms with Crippen LogP contribution in [0.2, 0.25) is 0 Å². The Hall–Kier alpha value is -2.76. The summed E-state index contributed by atoms with van der Waals surface area (Å²) < 4.78 is 5.16. The first-order chi connectivity index (χ1) is 10.5. The molecule has 6 nitrogen and oxygen atoms in total. The van der Waals surface area contributed by atoms with Gasteiger partial charge in [-0.3, -0.25) is 9.59 Å². The largest absolute Gasteiger partial charge is 0.497 e. The third-order valence-corrected chi connectivity index (χ3v) is 3.12. The number of methoxy groups -OCH3 is 1. The van der Waals surface area contributed by atoms with E-state index in [9.17, 15) is 9.59 Å². The molecule has 0 radical (unpaired) electrons. The summed E-state index contributed by atoms with van der Waals surface area (Å²) in [6.45, 7) is 3.60. The highest BCUT2D eigenvalue weighted by atomic mass is 16.5. The highest BCUT2D eigenvalue weighted by molar-refractivity contribution is 6.07. The molecule has 6 heteroatoms. The number of hydrogen-bond acceptors (Lipinski definition) is 3. The zero-order chi connectivity index (χ0) is 16.1. The van der Waals surface area contributed by atoms with Crippen molar-refractivity contribution < 1.29 is 14.3 Å². The summed E-state index contributed by atoms with van der Waals surface area (Å²) in [6, 6.07) is 6.76. The van der Waals surface area contributed by atoms with Gasteiger partial charge in [-0.25, -0.2) is 0 Å². The maximum Gasteiger partial charge on any atom is 0.257 e. The van der Waals surface area contributed by atoms with Gasteiger partial charge in [0.15, 0.2) is 0 Å². The molecular formula is C16H19N3O3. The number of hydrogen-bond donors (Lipinski definition) is 3. The molecule has 116 valence electrons. The van der Waals surface area contributed by atoms with Gasteiger partial charge in [0.05, 0.1) is 24.0 Å². The fourth-order valence-electron chi connectivity index (χ4n) is 1.80. The summed E-state index contributed by atoms with van der Waals surface area (Å²) in [5.74, 6) is 0.0408. The summed E-state index contributed by atoms with van der Waals surface area (Å²) in [4.78, 5) is 26.9. The summed E-state index contributed by atoms with van der Waals surface area (Å²) in [5.41, 5.74) is 1.52. The number of nitrogens with one attached hydrogen (secondary N) is 3. The second-order valence-corrected chi connectivity index (χ2v) is 5.11. The van der Waals surface area contributed by atoms with E-state index in [1.807, 2.05) is 0 Å². The van der Waals surface area contributed by atoms with Crippen LogP contribution in [0.25, 0.3) is 0 Å². The van der Waals surface area contributed by atoms with Gasteiger partial charge in [-0.1, -0.05) is 13.8 Å². The molecule has 1 aromatic carbocycles. The van der Waals surface area contributed by atoms with E-state index in [2.05, 4.69) is 15.6 Å². The fraction of sp³-hybridized carbons (Fsp3) is 0.250. The van der Waals surface area contributed by atoms with E-state index < -0.39 is 0 Å². The topological polar surface area (TPSA) is 83.2 Å². The Morgan fingerprint density at radius 3 is 2.50 bits per heavy atom. The Bertz CT molecular complexity index is 663. The lowest BCUT2D eigenvalue weighted by Gasteiger charge is -2.14. The number of amides is 2. The van der Waals surface area contributed by atoms with Crippen LogP contribution in [0, 0.1) is 5.92 Å². The second kappa shape index (κ2) is 6.80. The van der Waals surface area contributed by atoms with E-state index in [1.54, 1.807) is 57.6 Å². The van der Waals surface area contributed by atoms with Gasteiger partial charge in [0.25, 0.3) is 5.91 Å². The van der Waals surface area contributed by atoms with Crippen LogP contribution in [0.5, 0.6) is 5.75 Å². The highest BCUT2D eigenvalue weighted by Crippen LogP contribution is 2.28. The Morgan fingerprint density at radius 2 is 1.91 bits per heavy atom. The average Bonchev–Trinajstić information content (AvgIpc) is 3.03. The molecule has 2 aromatic rings. The Labute approximate surface area is 128 Å². The zero-order valence-corrected chi connectivity index (χ0v) is 12.8. The minimum absolute atomic E-state index is 0.123. The lowest BCUT2D eigenvalue weighted by Crippen LogP contribution is -2.20. The number of carbonyl (C=O) groups excluding carboxylic acids is 2. The number of ether oxygens (including phenoxy) is 1. The molecule has 0 aliphatic heterocycles. The molecule has 0 atom stereocenters. The van der Waals surface area contributed by atoms with Gasteiger partial charge in [-0.15, -0.1) is 0 Å². The molecule has 1 heterocycles. The summed E-state index contributed by atoms with van der Waals surface area (Å²) in [7, 11) is 1.54. The van der Waals surface area contributed by atoms with Gasteiger partial charge >= 0.3 is 0 Å². The summed E-state index contributed by atoms with van der Waals surface area (Å²) in [6.07, 6.45) is 3.27. The predicted molar refractivity (Wildman–Crippen MR) is 85.2 cm³/mol. The van der Waals surface area contributed by atoms with Crippen molar-refractivity contribution in [3.8, 4) is 5.75 Å². The molecule has 2 amide bonds. The van der Waals surface area contributed by atoms with Crippen LogP contribution < -0.4 is 15.4 Å². The Balaban J connectivity index is 2.26. The third-order valence-electron chi connectivity index (χ3n) is 3.12. The van der Waals surface area contributed by atoms with Crippen LogP contribution in [0.15, 0.2) is 36.7 Å². The van der Waals surface area contributed by atoms with Crippen molar-refractivity contribution in [1.82, 2.24) is 4.98 Å². The maximum atomic E-state index is 12.2. The number of rotatable bonds is 5. The molecule has 2 rings (SSSR count). The molecule has 0 saturated carbocycles. The maximum absolute atomic E-state index is 12.2. The number of benzene rings is 1. The van der Waals surface area contributed by atoms with E-state index >= 15 is 0 Å². The van der Waals surface area contributed by atoms with Crippen LogP contribution in [0.3, 0.4) is 0 Å². The zero-order valence-electron chi connectivity index (χ0n) is 12.8. The van der Waals surface area contributed by atoms with E-state index in [4.69, 9.17) is 4.74 Å². The van der Waals surface area contributed by atoms with Crippen molar-refractivity contribution in [2.24, 2.45) is 5.92 Å². The number of aromatic nitrogens is 1. The first kappa shape index (κ1) is 15.6. The van der Waals surface area contributed by atoms with E-state index in [-0.39, 0.29) is 17.7 Å². The fourth-order valence-corrected chi connectivity index (χ4v) is 1.80. The number of aromatic amines is 1. The van der Waals surface area contributed by atoms with Crippen LogP contribution in [-0.4, -0.2) is 23.9 Å². The molecule has 3 N–H and O–H groups in total. The summed E-state index contributed by atoms with van der Waals surface area (Å²) >= 11 is 0. The Kier molecular flexibility index (Phi) is 4.83. The molecule has 0 fully saturated rings. The van der Waals surface area contributed by atoms with Crippen molar-refractivity contribution in [3.05, 3.63) is 42.2 Å². The van der Waals surface area contributed by atoms with Crippen LogP contribution in [-0.2, 0) is 4.79 Å². The van der Waals surface area contributed by atoms with E-state index in [0.717, 1.165) is 0 Å². The SMILES string of the molecule is COc1ccc(NC(=O)C(C)C)c(NC(=O)c2cc[nH]c2)c1. The van der Waals surface area contributed by atoms with Crippen molar-refractivity contribution >= 4 is 23.2 Å². The molecule has 1 aromatic heterocycles. The first-order valence-electron chi connectivity index (χ1n) is 6.94. The molecule has 0 saturated heterocycles. The van der Waals surface area contributed by atoms with Gasteiger partial charge in [0.1, 0.15) is 5.75 Å². The first-order valence-corrected chi connectivity index (χ1v) is 6.94. The van der Waals surface area contributed by atoms with Crippen molar-refractivity contribution in [1.29, 1.82) is 0 Å². The monoisotopic (exact) mass is 301 g/mol. The van der Waals surface area contributed by atoms with E-state index in [1.165, 1.54) is 0 Å². The molecule has 0 unspecified atom stereocenters. The van der Waals surface area contributed by atoms with Gasteiger partial charge in [-0.05, 0) is 18.2 Å². The van der Waals surface area contributed by atoms with Crippen LogP contribution >= 0.6 is 0 Å². The van der Waals surface area contributed by atoms with Crippen molar-refractivity contribution in [2.45, 2.75) is 13.8 Å². The van der Waals surface area contributed by atoms with Crippen LogP contribution in [0.4, 0.5) is 11.4 Å². The lowest BCUT2D eigenvalue weighted by molar-refractivity contribution is -0.118. The Morgan fingerprint density at radius 1 is 1.14 bits per heavy atom. The molecule has 0 spiro atoms. The number of H-pyrrole nitrogens is 1. The minimum Gasteiger partial charge on any atom is -0.497 e. The van der Waals surface area contributed by atoms with Gasteiger partial charge in [-0.2, -0.15) is 0 Å². The molecule has 0 bridgehead atoms. The third kappa shape index (κ3) is 3.66. The molecule has 22 heavy (non-hydrogen) atoms. The number of carbonyl (C=O) groups is 2. The predicted octanol–water partition coefficient (Wildman–Crippen LogP) is 2.87. The second-order valence-electron chi connectivity index (χ2n) is 5.11. The average molecular weight is 301 g/mol. The van der Waals surface area contributed by atoms with Gasteiger partial charge < -0.3 is 20.4 Å². The van der Waals surface area contributed by atoms with Gasteiger partial charge in [0.2, 0.25) is 5.91 Å². The van der Waals surface area contributed by atoms with Crippen LogP contribution in [0.1, 0.15) is 24.2 Å². The standard InChI is InChI=1S/C16H19N3O3/c1-10(2)15(20)18-13-5-4-12(22-3)8-14(13)19-16(21)11-6-7-17-9-11/h4-10,17H,1-3H3,(H,18,20)(H,19,21). The smallest absolute Gasteiger partial charge is 0.257 e. The molecular weight excluding hydrogens is 282 g/mol. The minimum atomic E-state index is -0.269. The normalized spacial score (nSPS) is 10.4. The lowest BCUT2D eigenvalue weighted by atomic mass is 10.2. The van der Waals surface area contributed by atoms with Crippen molar-refractivity contribution in [2.75, 3.05) is 17.7 Å². The summed E-state index contributed by atoms with van der Waals surface area (Å²) in [5, 5.41) is 5.57. The van der Waals surface area contributed by atoms with Gasteiger partial charge in [0, 0.05) is 24.4 Å². The quantitative estimate of drug-likeness (QED) is 0.794.